The summed E-state index contributed by atoms with van der Waals surface area (Å²) in [6.07, 6.45) is 2.43. The van der Waals surface area contributed by atoms with E-state index in [1.807, 2.05) is 12.1 Å². The third kappa shape index (κ3) is 5.76. The largest absolute Gasteiger partial charge is 0.508 e. The van der Waals surface area contributed by atoms with Crippen molar-refractivity contribution in [2.24, 2.45) is 5.41 Å². The second-order valence-electron chi connectivity index (χ2n) is 5.51. The van der Waals surface area contributed by atoms with Crippen molar-refractivity contribution in [2.75, 3.05) is 6.54 Å². The first-order valence-electron chi connectivity index (χ1n) is 5.96. The van der Waals surface area contributed by atoms with Gasteiger partial charge in [0.1, 0.15) is 5.75 Å². The Hall–Kier alpha value is -1.02. The molecule has 0 aliphatic heterocycles. The summed E-state index contributed by atoms with van der Waals surface area (Å²) in [4.78, 5) is 0. The minimum atomic E-state index is 0.342. The highest BCUT2D eigenvalue weighted by Crippen LogP contribution is 2.19. The van der Waals surface area contributed by atoms with E-state index in [4.69, 9.17) is 0 Å². The van der Waals surface area contributed by atoms with Crippen molar-refractivity contribution in [3.8, 4) is 5.75 Å². The molecule has 0 saturated heterocycles. The van der Waals surface area contributed by atoms with Gasteiger partial charge in [-0.2, -0.15) is 0 Å². The van der Waals surface area contributed by atoms with E-state index in [9.17, 15) is 5.11 Å². The van der Waals surface area contributed by atoms with Gasteiger partial charge in [0, 0.05) is 6.54 Å². The molecule has 16 heavy (non-hydrogen) atoms. The number of phenolic OH excluding ortho intramolecular Hbond substituents is 1. The Morgan fingerprint density at radius 3 is 2.62 bits per heavy atom. The minimum Gasteiger partial charge on any atom is -0.508 e. The van der Waals surface area contributed by atoms with Crippen LogP contribution in [0.4, 0.5) is 0 Å². The summed E-state index contributed by atoms with van der Waals surface area (Å²) in [6, 6.07) is 7.40. The van der Waals surface area contributed by atoms with Crippen molar-refractivity contribution >= 4 is 0 Å². The van der Waals surface area contributed by atoms with Crippen LogP contribution >= 0.6 is 0 Å². The molecule has 0 unspecified atom stereocenters. The molecule has 0 bridgehead atoms. The van der Waals surface area contributed by atoms with E-state index in [2.05, 4.69) is 26.1 Å². The van der Waals surface area contributed by atoms with Gasteiger partial charge in [0.15, 0.2) is 0 Å². The molecule has 0 fully saturated rings. The fourth-order valence-corrected chi connectivity index (χ4v) is 1.64. The van der Waals surface area contributed by atoms with Gasteiger partial charge in [-0.1, -0.05) is 32.9 Å². The fourth-order valence-electron chi connectivity index (χ4n) is 1.64. The van der Waals surface area contributed by atoms with Crippen molar-refractivity contribution in [2.45, 2.75) is 40.2 Å². The van der Waals surface area contributed by atoms with Crippen molar-refractivity contribution in [3.05, 3.63) is 29.8 Å². The van der Waals surface area contributed by atoms with E-state index in [1.165, 1.54) is 12.8 Å². The molecule has 0 spiro atoms. The lowest BCUT2D eigenvalue weighted by molar-refractivity contribution is 0.361. The van der Waals surface area contributed by atoms with Gasteiger partial charge in [0.2, 0.25) is 0 Å². The second kappa shape index (κ2) is 5.90. The van der Waals surface area contributed by atoms with E-state index in [0.717, 1.165) is 18.7 Å². The van der Waals surface area contributed by atoms with Crippen LogP contribution in [0.3, 0.4) is 0 Å². The van der Waals surface area contributed by atoms with E-state index >= 15 is 0 Å². The quantitative estimate of drug-likeness (QED) is 0.748. The first-order chi connectivity index (χ1) is 7.47. The molecular formula is C14H23NO. The Morgan fingerprint density at radius 2 is 2.00 bits per heavy atom. The number of aromatic hydroxyl groups is 1. The summed E-state index contributed by atoms with van der Waals surface area (Å²) in [5, 5.41) is 12.7. The summed E-state index contributed by atoms with van der Waals surface area (Å²) >= 11 is 0. The Labute approximate surface area is 98.7 Å². The molecule has 0 aliphatic carbocycles. The highest BCUT2D eigenvalue weighted by atomic mass is 16.3. The standard InChI is InChI=1S/C14H23NO/c1-14(2,3)8-5-9-15-11-12-6-4-7-13(16)10-12/h4,6-7,10,15-16H,5,8-9,11H2,1-3H3. The highest BCUT2D eigenvalue weighted by Gasteiger charge is 2.08. The molecule has 1 aromatic carbocycles. The fraction of sp³-hybridized carbons (Fsp3) is 0.571. The van der Waals surface area contributed by atoms with E-state index in [-0.39, 0.29) is 0 Å². The van der Waals surface area contributed by atoms with Crippen molar-refractivity contribution in [1.82, 2.24) is 5.32 Å². The molecular weight excluding hydrogens is 198 g/mol. The number of hydrogen-bond donors (Lipinski definition) is 2. The van der Waals surface area contributed by atoms with Crippen LogP contribution in [0.2, 0.25) is 0 Å². The molecule has 0 atom stereocenters. The maximum atomic E-state index is 9.29. The zero-order valence-electron chi connectivity index (χ0n) is 10.6. The van der Waals surface area contributed by atoms with Gasteiger partial charge in [-0.3, -0.25) is 0 Å². The van der Waals surface area contributed by atoms with E-state index in [0.29, 0.717) is 11.2 Å². The van der Waals surface area contributed by atoms with Crippen molar-refractivity contribution < 1.29 is 5.11 Å². The molecule has 2 N–H and O–H groups in total. The molecule has 0 aliphatic rings. The SMILES string of the molecule is CC(C)(C)CCCNCc1cccc(O)c1. The van der Waals surface area contributed by atoms with Gasteiger partial charge >= 0.3 is 0 Å². The number of nitrogens with one attached hydrogen (secondary N) is 1. The van der Waals surface area contributed by atoms with Crippen molar-refractivity contribution in [3.63, 3.8) is 0 Å². The van der Waals surface area contributed by atoms with Crippen LogP contribution in [-0.4, -0.2) is 11.7 Å². The molecule has 1 aromatic rings. The van der Waals surface area contributed by atoms with Crippen LogP contribution in [0.1, 0.15) is 39.2 Å². The summed E-state index contributed by atoms with van der Waals surface area (Å²) < 4.78 is 0. The first kappa shape index (κ1) is 13.0. The lowest BCUT2D eigenvalue weighted by Crippen LogP contribution is -2.17. The third-order valence-corrected chi connectivity index (χ3v) is 2.52. The van der Waals surface area contributed by atoms with Crippen LogP contribution < -0.4 is 5.32 Å². The summed E-state index contributed by atoms with van der Waals surface area (Å²) in [5.41, 5.74) is 1.56. The van der Waals surface area contributed by atoms with Gasteiger partial charge in [0.25, 0.3) is 0 Å². The van der Waals surface area contributed by atoms with E-state index < -0.39 is 0 Å². The summed E-state index contributed by atoms with van der Waals surface area (Å²) in [5.74, 6) is 0.342. The topological polar surface area (TPSA) is 32.3 Å². The lowest BCUT2D eigenvalue weighted by atomic mass is 9.91. The molecule has 0 radical (unpaired) electrons. The molecule has 0 amide bonds. The van der Waals surface area contributed by atoms with Crippen LogP contribution in [-0.2, 0) is 6.54 Å². The average molecular weight is 221 g/mol. The number of rotatable bonds is 5. The predicted octanol–water partition coefficient (Wildman–Crippen LogP) is 3.31. The second-order valence-corrected chi connectivity index (χ2v) is 5.51. The highest BCUT2D eigenvalue weighted by molar-refractivity contribution is 5.26. The van der Waals surface area contributed by atoms with Gasteiger partial charge in [0.05, 0.1) is 0 Å². The zero-order chi connectivity index (χ0) is 12.0. The number of hydrogen-bond acceptors (Lipinski definition) is 2. The summed E-state index contributed by atoms with van der Waals surface area (Å²) in [6.45, 7) is 8.66. The number of phenols is 1. The van der Waals surface area contributed by atoms with Crippen molar-refractivity contribution in [1.29, 1.82) is 0 Å². The van der Waals surface area contributed by atoms with Crippen LogP contribution in [0, 0.1) is 5.41 Å². The summed E-state index contributed by atoms with van der Waals surface area (Å²) in [7, 11) is 0. The Morgan fingerprint density at radius 1 is 1.25 bits per heavy atom. The lowest BCUT2D eigenvalue weighted by Gasteiger charge is -2.17. The average Bonchev–Trinajstić information content (AvgIpc) is 2.15. The zero-order valence-corrected chi connectivity index (χ0v) is 10.6. The molecule has 2 heteroatoms. The Balaban J connectivity index is 2.17. The van der Waals surface area contributed by atoms with Gasteiger partial charge < -0.3 is 10.4 Å². The van der Waals surface area contributed by atoms with Crippen LogP contribution in [0.5, 0.6) is 5.75 Å². The van der Waals surface area contributed by atoms with E-state index in [1.54, 1.807) is 12.1 Å². The van der Waals surface area contributed by atoms with Gasteiger partial charge in [-0.05, 0) is 42.5 Å². The van der Waals surface area contributed by atoms with Crippen LogP contribution in [0.25, 0.3) is 0 Å². The Kier molecular flexibility index (Phi) is 4.81. The smallest absolute Gasteiger partial charge is 0.115 e. The molecule has 0 aromatic heterocycles. The predicted molar refractivity (Wildman–Crippen MR) is 68.5 cm³/mol. The normalized spacial score (nSPS) is 11.7. The monoisotopic (exact) mass is 221 g/mol. The molecule has 1 rings (SSSR count). The molecule has 2 nitrogen and oxygen atoms in total. The Bertz CT molecular complexity index is 315. The maximum absolute atomic E-state index is 9.29. The van der Waals surface area contributed by atoms with Gasteiger partial charge in [-0.15, -0.1) is 0 Å². The third-order valence-electron chi connectivity index (χ3n) is 2.52. The van der Waals surface area contributed by atoms with Gasteiger partial charge in [-0.25, -0.2) is 0 Å². The minimum absolute atomic E-state index is 0.342. The van der Waals surface area contributed by atoms with Crippen LogP contribution in [0.15, 0.2) is 24.3 Å². The molecule has 0 heterocycles. The number of benzene rings is 1. The molecule has 90 valence electrons. The maximum Gasteiger partial charge on any atom is 0.115 e. The molecule has 0 saturated carbocycles. The first-order valence-corrected chi connectivity index (χ1v) is 5.96.